The van der Waals surface area contributed by atoms with Gasteiger partial charge in [-0.05, 0) is 44.4 Å². The maximum atomic E-state index is 12.5. The van der Waals surface area contributed by atoms with E-state index in [0.717, 1.165) is 30.5 Å². The Kier molecular flexibility index (Phi) is 5.59. The van der Waals surface area contributed by atoms with E-state index in [1.165, 1.54) is 5.56 Å². The normalized spacial score (nSPS) is 13.2. The van der Waals surface area contributed by atoms with Gasteiger partial charge >= 0.3 is 0 Å². The van der Waals surface area contributed by atoms with Crippen LogP contribution in [0.2, 0.25) is 0 Å². The van der Waals surface area contributed by atoms with Crippen LogP contribution in [-0.2, 0) is 23.5 Å². The van der Waals surface area contributed by atoms with E-state index < -0.39 is 10.0 Å². The molecule has 1 aromatic heterocycles. The predicted molar refractivity (Wildman–Crippen MR) is 91.7 cm³/mol. The molecule has 1 unspecified atom stereocenters. The highest BCUT2D eigenvalue weighted by atomic mass is 32.2. The van der Waals surface area contributed by atoms with Crippen LogP contribution in [0, 0.1) is 6.92 Å². The van der Waals surface area contributed by atoms with E-state index >= 15 is 0 Å². The molecule has 0 radical (unpaired) electrons. The lowest BCUT2D eigenvalue weighted by atomic mass is 10.1. The molecule has 1 heterocycles. The van der Waals surface area contributed by atoms with Gasteiger partial charge in [0.25, 0.3) is 0 Å². The van der Waals surface area contributed by atoms with Gasteiger partial charge in [-0.3, -0.25) is 4.68 Å². The molecule has 0 spiro atoms. The van der Waals surface area contributed by atoms with Gasteiger partial charge in [-0.1, -0.05) is 25.5 Å². The first-order valence-electron chi connectivity index (χ1n) is 7.95. The van der Waals surface area contributed by atoms with Crippen LogP contribution in [0.4, 0.5) is 0 Å². The van der Waals surface area contributed by atoms with Crippen LogP contribution in [0.15, 0.2) is 35.4 Å². The number of aryl methyl sites for hydroxylation is 2. The summed E-state index contributed by atoms with van der Waals surface area (Å²) in [5, 5.41) is 4.16. The molecule has 2 rings (SSSR count). The Hall–Kier alpha value is -1.66. The molecule has 5 nitrogen and oxygen atoms in total. The third-order valence-electron chi connectivity index (χ3n) is 4.12. The molecule has 6 heteroatoms. The molecule has 0 aliphatic rings. The fourth-order valence-electron chi connectivity index (χ4n) is 2.52. The predicted octanol–water partition coefficient (Wildman–Crippen LogP) is 3.11. The average molecular weight is 335 g/mol. The van der Waals surface area contributed by atoms with E-state index in [1.807, 2.05) is 33.0 Å². The van der Waals surface area contributed by atoms with Crippen LogP contribution < -0.4 is 4.72 Å². The number of benzene rings is 1. The van der Waals surface area contributed by atoms with Crippen molar-refractivity contribution in [2.24, 2.45) is 7.05 Å². The molecule has 1 atom stereocenters. The molecule has 0 aliphatic heterocycles. The number of rotatable bonds is 7. The minimum absolute atomic E-state index is 0.297. The quantitative estimate of drug-likeness (QED) is 0.845. The molecule has 0 saturated carbocycles. The van der Waals surface area contributed by atoms with Gasteiger partial charge in [0.1, 0.15) is 0 Å². The second-order valence-electron chi connectivity index (χ2n) is 5.90. The van der Waals surface area contributed by atoms with Crippen molar-refractivity contribution in [1.82, 2.24) is 14.5 Å². The molecule has 0 saturated heterocycles. The molecule has 1 N–H and O–H groups in total. The molecular weight excluding hydrogens is 310 g/mol. The maximum Gasteiger partial charge on any atom is 0.241 e. The largest absolute Gasteiger partial charge is 0.273 e. The third-order valence-corrected chi connectivity index (χ3v) is 5.68. The van der Waals surface area contributed by atoms with Crippen molar-refractivity contribution in [1.29, 1.82) is 0 Å². The summed E-state index contributed by atoms with van der Waals surface area (Å²) >= 11 is 0. The minimum atomic E-state index is -3.54. The lowest BCUT2D eigenvalue weighted by Crippen LogP contribution is -2.27. The Morgan fingerprint density at radius 3 is 2.43 bits per heavy atom. The first-order valence-corrected chi connectivity index (χ1v) is 9.43. The number of unbranched alkanes of at least 4 members (excludes halogenated alkanes) is 1. The molecule has 23 heavy (non-hydrogen) atoms. The van der Waals surface area contributed by atoms with Crippen molar-refractivity contribution in [2.45, 2.75) is 51.0 Å². The highest BCUT2D eigenvalue weighted by Crippen LogP contribution is 2.20. The van der Waals surface area contributed by atoms with Crippen molar-refractivity contribution in [3.05, 3.63) is 47.3 Å². The average Bonchev–Trinajstić information content (AvgIpc) is 2.85. The Bertz CT molecular complexity index is 749. The third kappa shape index (κ3) is 4.20. The van der Waals surface area contributed by atoms with E-state index in [2.05, 4.69) is 16.7 Å². The van der Waals surface area contributed by atoms with Gasteiger partial charge in [0, 0.05) is 24.3 Å². The molecule has 126 valence electrons. The van der Waals surface area contributed by atoms with Gasteiger partial charge < -0.3 is 0 Å². The van der Waals surface area contributed by atoms with E-state index in [4.69, 9.17) is 0 Å². The van der Waals surface area contributed by atoms with Crippen molar-refractivity contribution in [3.63, 3.8) is 0 Å². The zero-order valence-corrected chi connectivity index (χ0v) is 15.0. The Labute approximate surface area is 138 Å². The van der Waals surface area contributed by atoms with E-state index in [9.17, 15) is 8.42 Å². The molecular formula is C17H25N3O2S. The summed E-state index contributed by atoms with van der Waals surface area (Å²) in [5.41, 5.74) is 3.01. The van der Waals surface area contributed by atoms with Gasteiger partial charge in [0.05, 0.1) is 11.1 Å². The molecule has 0 bridgehead atoms. The summed E-state index contributed by atoms with van der Waals surface area (Å²) in [6, 6.07) is 6.81. The number of hydrogen-bond donors (Lipinski definition) is 1. The topological polar surface area (TPSA) is 64.0 Å². The van der Waals surface area contributed by atoms with Crippen LogP contribution >= 0.6 is 0 Å². The summed E-state index contributed by atoms with van der Waals surface area (Å²) in [5.74, 6) is 0. The van der Waals surface area contributed by atoms with Gasteiger partial charge in [-0.25, -0.2) is 13.1 Å². The summed E-state index contributed by atoms with van der Waals surface area (Å²) in [7, 11) is -1.70. The number of sulfonamides is 1. The van der Waals surface area contributed by atoms with Gasteiger partial charge in [0.2, 0.25) is 10.0 Å². The zero-order valence-electron chi connectivity index (χ0n) is 14.2. The Morgan fingerprint density at radius 2 is 1.91 bits per heavy atom. The fourth-order valence-corrected chi connectivity index (χ4v) is 3.74. The van der Waals surface area contributed by atoms with Crippen LogP contribution in [-0.4, -0.2) is 18.2 Å². The molecule has 0 amide bonds. The van der Waals surface area contributed by atoms with E-state index in [-0.39, 0.29) is 6.04 Å². The van der Waals surface area contributed by atoms with Crippen molar-refractivity contribution >= 4 is 10.0 Å². The number of hydrogen-bond acceptors (Lipinski definition) is 3. The monoisotopic (exact) mass is 335 g/mol. The SMILES string of the molecule is CCCCc1ccc(S(=O)(=O)NC(C)c2cnn(C)c2C)cc1. The first-order chi connectivity index (χ1) is 10.8. The maximum absolute atomic E-state index is 12.5. The van der Waals surface area contributed by atoms with Crippen molar-refractivity contribution in [3.8, 4) is 0 Å². The Morgan fingerprint density at radius 1 is 1.26 bits per heavy atom. The standard InChI is InChI=1S/C17H25N3O2S/c1-5-6-7-15-8-10-16(11-9-15)23(21,22)19-13(2)17-12-18-20(4)14(17)3/h8-13,19H,5-7H2,1-4H3. The summed E-state index contributed by atoms with van der Waals surface area (Å²) in [4.78, 5) is 0.297. The fraction of sp³-hybridized carbons (Fsp3) is 0.471. The van der Waals surface area contributed by atoms with E-state index in [1.54, 1.807) is 23.0 Å². The number of aromatic nitrogens is 2. The molecule has 0 aliphatic carbocycles. The summed E-state index contributed by atoms with van der Waals surface area (Å²) in [6.45, 7) is 5.90. The second-order valence-corrected chi connectivity index (χ2v) is 7.61. The Balaban J connectivity index is 2.13. The molecule has 2 aromatic rings. The summed E-state index contributed by atoms with van der Waals surface area (Å²) < 4.78 is 29.5. The van der Waals surface area contributed by atoms with Crippen molar-refractivity contribution in [2.75, 3.05) is 0 Å². The second kappa shape index (κ2) is 7.27. The van der Waals surface area contributed by atoms with Gasteiger partial charge in [-0.2, -0.15) is 5.10 Å². The number of nitrogens with one attached hydrogen (secondary N) is 1. The van der Waals surface area contributed by atoms with Crippen LogP contribution in [0.25, 0.3) is 0 Å². The van der Waals surface area contributed by atoms with Gasteiger partial charge in [0.15, 0.2) is 0 Å². The van der Waals surface area contributed by atoms with Crippen LogP contribution in [0.3, 0.4) is 0 Å². The highest BCUT2D eigenvalue weighted by Gasteiger charge is 2.20. The summed E-state index contributed by atoms with van der Waals surface area (Å²) in [6.07, 6.45) is 4.93. The smallest absolute Gasteiger partial charge is 0.241 e. The van der Waals surface area contributed by atoms with Crippen LogP contribution in [0.5, 0.6) is 0 Å². The first kappa shape index (κ1) is 17.7. The van der Waals surface area contributed by atoms with Crippen LogP contribution in [0.1, 0.15) is 49.6 Å². The highest BCUT2D eigenvalue weighted by molar-refractivity contribution is 7.89. The number of nitrogens with zero attached hydrogens (tertiary/aromatic N) is 2. The zero-order chi connectivity index (χ0) is 17.0. The van der Waals surface area contributed by atoms with Crippen molar-refractivity contribution < 1.29 is 8.42 Å². The molecule has 0 fully saturated rings. The lowest BCUT2D eigenvalue weighted by molar-refractivity contribution is 0.566. The lowest BCUT2D eigenvalue weighted by Gasteiger charge is -2.14. The minimum Gasteiger partial charge on any atom is -0.273 e. The van der Waals surface area contributed by atoms with E-state index in [0.29, 0.717) is 4.90 Å². The van der Waals surface area contributed by atoms with Gasteiger partial charge in [-0.15, -0.1) is 0 Å². The molecule has 1 aromatic carbocycles.